The van der Waals surface area contributed by atoms with Crippen LogP contribution >= 0.6 is 0 Å². The summed E-state index contributed by atoms with van der Waals surface area (Å²) in [5, 5.41) is 15.2. The topological polar surface area (TPSA) is 108 Å². The van der Waals surface area contributed by atoms with Crippen molar-refractivity contribution in [1.29, 1.82) is 0 Å². The average Bonchev–Trinajstić information content (AvgIpc) is 3.53. The number of hydrogen-bond acceptors (Lipinski definition) is 5. The summed E-state index contributed by atoms with van der Waals surface area (Å²) in [7, 11) is 0. The third kappa shape index (κ3) is 7.73. The van der Waals surface area contributed by atoms with Crippen LogP contribution < -0.4 is 10.6 Å². The first-order chi connectivity index (χ1) is 15.0. The van der Waals surface area contributed by atoms with Crippen molar-refractivity contribution < 1.29 is 24.2 Å². The van der Waals surface area contributed by atoms with Crippen molar-refractivity contribution in [2.75, 3.05) is 6.54 Å². The molecule has 3 N–H and O–H groups in total. The van der Waals surface area contributed by atoms with E-state index in [0.717, 1.165) is 32.1 Å². The number of phenols is 1. The highest BCUT2D eigenvalue weighted by atomic mass is 16.6. The molecule has 0 bridgehead atoms. The summed E-state index contributed by atoms with van der Waals surface area (Å²) in [6.07, 6.45) is 3.81. The van der Waals surface area contributed by atoms with Gasteiger partial charge in [0.15, 0.2) is 0 Å². The third-order valence-corrected chi connectivity index (χ3v) is 5.11. The predicted molar refractivity (Wildman–Crippen MR) is 122 cm³/mol. The highest BCUT2D eigenvalue weighted by Crippen LogP contribution is 2.36. The summed E-state index contributed by atoms with van der Waals surface area (Å²) in [6.45, 7) is 9.46. The molecule has 2 atom stereocenters. The number of aromatic hydroxyl groups is 1. The van der Waals surface area contributed by atoms with E-state index < -0.39 is 23.8 Å². The zero-order chi connectivity index (χ0) is 23.9. The molecule has 2 unspecified atom stereocenters. The zero-order valence-corrected chi connectivity index (χ0v) is 19.8. The first-order valence-corrected chi connectivity index (χ1v) is 11.4. The van der Waals surface area contributed by atoms with Crippen LogP contribution in [0.3, 0.4) is 0 Å². The number of hydrogen-bond donors (Lipinski definition) is 3. The lowest BCUT2D eigenvalue weighted by molar-refractivity contribution is -0.142. The van der Waals surface area contributed by atoms with Crippen LogP contribution in [0.15, 0.2) is 24.3 Å². The molecular weight excluding hydrogens is 410 g/mol. The molecule has 0 spiro atoms. The van der Waals surface area contributed by atoms with E-state index in [2.05, 4.69) is 17.6 Å². The fourth-order valence-corrected chi connectivity index (χ4v) is 3.42. The number of rotatable bonds is 10. The molecule has 32 heavy (non-hydrogen) atoms. The summed E-state index contributed by atoms with van der Waals surface area (Å²) in [6, 6.07) is 4.53. The minimum Gasteiger partial charge on any atom is -0.508 e. The van der Waals surface area contributed by atoms with Gasteiger partial charge in [-0.05, 0) is 64.7 Å². The molecule has 8 nitrogen and oxygen atoms in total. The molecule has 178 valence electrons. The number of carbonyl (C=O) groups excluding carboxylic acids is 3. The fourth-order valence-electron chi connectivity index (χ4n) is 3.42. The number of benzene rings is 1. The second-order valence-electron chi connectivity index (χ2n) is 9.34. The van der Waals surface area contributed by atoms with Gasteiger partial charge in [0.1, 0.15) is 23.4 Å². The number of carbonyl (C=O) groups is 3. The Balaban J connectivity index is 2.24. The maximum Gasteiger partial charge on any atom is 0.408 e. The van der Waals surface area contributed by atoms with Crippen LogP contribution in [0.5, 0.6) is 5.75 Å². The van der Waals surface area contributed by atoms with Gasteiger partial charge in [0.05, 0.1) is 0 Å². The number of ether oxygens (including phenoxy) is 1. The molecule has 3 amide bonds. The van der Waals surface area contributed by atoms with Crippen LogP contribution in [0.1, 0.15) is 78.3 Å². The Morgan fingerprint density at radius 1 is 1.16 bits per heavy atom. The molecule has 0 aliphatic heterocycles. The fraction of sp³-hybridized carbons (Fsp3) is 0.625. The van der Waals surface area contributed by atoms with E-state index in [9.17, 15) is 19.5 Å². The van der Waals surface area contributed by atoms with Gasteiger partial charge in [-0.3, -0.25) is 9.59 Å². The minimum atomic E-state index is -0.863. The number of unbranched alkanes of at least 4 members (excludes halogenated alkanes) is 2. The van der Waals surface area contributed by atoms with Crippen LogP contribution in [-0.4, -0.2) is 52.1 Å². The van der Waals surface area contributed by atoms with Gasteiger partial charge in [-0.15, -0.1) is 0 Å². The number of phenolic OH excluding ortho intramolecular Hbond substituents is 1. The number of nitrogens with one attached hydrogen (secondary N) is 2. The van der Waals surface area contributed by atoms with Crippen molar-refractivity contribution in [1.82, 2.24) is 15.5 Å². The molecule has 8 heteroatoms. The van der Waals surface area contributed by atoms with Crippen LogP contribution in [0.25, 0.3) is 0 Å². The van der Waals surface area contributed by atoms with Crippen molar-refractivity contribution in [2.24, 2.45) is 0 Å². The molecule has 1 saturated carbocycles. The molecule has 1 aromatic rings. The predicted octanol–water partition coefficient (Wildman–Crippen LogP) is 3.64. The average molecular weight is 448 g/mol. The number of nitrogens with zero attached hydrogens (tertiary/aromatic N) is 1. The monoisotopic (exact) mass is 447 g/mol. The van der Waals surface area contributed by atoms with Crippen LogP contribution in [-0.2, 0) is 14.3 Å². The Morgan fingerprint density at radius 3 is 2.31 bits per heavy atom. The van der Waals surface area contributed by atoms with Crippen molar-refractivity contribution >= 4 is 17.9 Å². The second-order valence-corrected chi connectivity index (χ2v) is 9.34. The lowest BCUT2D eigenvalue weighted by Gasteiger charge is -2.34. The Labute approximate surface area is 190 Å². The first kappa shape index (κ1) is 25.5. The smallest absolute Gasteiger partial charge is 0.408 e. The molecule has 0 radical (unpaired) electrons. The zero-order valence-electron chi connectivity index (χ0n) is 19.8. The molecule has 0 aromatic heterocycles. The molecular formula is C24H37N3O5. The highest BCUT2D eigenvalue weighted by Gasteiger charge is 2.43. The molecule has 1 aromatic carbocycles. The van der Waals surface area contributed by atoms with E-state index >= 15 is 0 Å². The minimum absolute atomic E-state index is 0.0782. The summed E-state index contributed by atoms with van der Waals surface area (Å²) in [5.74, 6) is -0.531. The van der Waals surface area contributed by atoms with E-state index in [1.54, 1.807) is 44.7 Å². The molecule has 2 rings (SSSR count). The van der Waals surface area contributed by atoms with Crippen LogP contribution in [0.2, 0.25) is 0 Å². The van der Waals surface area contributed by atoms with Crippen molar-refractivity contribution in [3.8, 4) is 5.75 Å². The van der Waals surface area contributed by atoms with Crippen molar-refractivity contribution in [3.05, 3.63) is 29.8 Å². The SMILES string of the molecule is CCCCCNC(=O)C(c1ccc(O)cc1)N(C(=O)C(C)NC(=O)OC(C)(C)C)C1CC1. The van der Waals surface area contributed by atoms with Gasteiger partial charge in [-0.2, -0.15) is 0 Å². The van der Waals surface area contributed by atoms with Crippen LogP contribution in [0.4, 0.5) is 4.79 Å². The lowest BCUT2D eigenvalue weighted by atomic mass is 10.0. The van der Waals surface area contributed by atoms with Crippen molar-refractivity contribution in [3.63, 3.8) is 0 Å². The van der Waals surface area contributed by atoms with E-state index in [0.29, 0.717) is 12.1 Å². The Kier molecular flexibility index (Phi) is 8.92. The number of alkyl carbamates (subject to hydrolysis) is 1. The van der Waals surface area contributed by atoms with E-state index in [1.165, 1.54) is 12.1 Å². The summed E-state index contributed by atoms with van der Waals surface area (Å²) in [5.41, 5.74) is -0.0730. The molecule has 1 aliphatic carbocycles. The number of amides is 3. The normalized spacial score (nSPS) is 15.4. The standard InChI is InChI=1S/C24H37N3O5/c1-6-7-8-15-25-21(29)20(17-9-13-19(28)14-10-17)27(18-11-12-18)22(30)16(2)26-23(31)32-24(3,4)5/h9-10,13-14,16,18,20,28H,6-8,11-12,15H2,1-5H3,(H,25,29)(H,26,31). The van der Waals surface area contributed by atoms with Gasteiger partial charge in [0.25, 0.3) is 0 Å². The maximum atomic E-state index is 13.4. The first-order valence-electron chi connectivity index (χ1n) is 11.4. The lowest BCUT2D eigenvalue weighted by Crippen LogP contribution is -2.52. The maximum absolute atomic E-state index is 13.4. The van der Waals surface area contributed by atoms with Gasteiger partial charge >= 0.3 is 6.09 Å². The summed E-state index contributed by atoms with van der Waals surface area (Å²) >= 11 is 0. The third-order valence-electron chi connectivity index (χ3n) is 5.11. The van der Waals surface area contributed by atoms with Gasteiger partial charge in [-0.25, -0.2) is 4.79 Å². The second kappa shape index (κ2) is 11.2. The van der Waals surface area contributed by atoms with Crippen LogP contribution in [0, 0.1) is 0 Å². The quantitative estimate of drug-likeness (QED) is 0.475. The van der Waals surface area contributed by atoms with Gasteiger partial charge < -0.3 is 25.4 Å². The Hall–Kier alpha value is -2.77. The van der Waals surface area contributed by atoms with E-state index in [4.69, 9.17) is 4.74 Å². The largest absolute Gasteiger partial charge is 0.508 e. The Bertz CT molecular complexity index is 784. The van der Waals surface area contributed by atoms with E-state index in [-0.39, 0.29) is 23.6 Å². The molecule has 1 aliphatic rings. The Morgan fingerprint density at radius 2 is 1.78 bits per heavy atom. The van der Waals surface area contributed by atoms with Gasteiger partial charge in [0.2, 0.25) is 11.8 Å². The molecule has 1 fully saturated rings. The summed E-state index contributed by atoms with van der Waals surface area (Å²) in [4.78, 5) is 40.4. The molecule has 0 saturated heterocycles. The van der Waals surface area contributed by atoms with Gasteiger partial charge in [0, 0.05) is 12.6 Å². The van der Waals surface area contributed by atoms with Gasteiger partial charge in [-0.1, -0.05) is 31.9 Å². The summed E-state index contributed by atoms with van der Waals surface area (Å²) < 4.78 is 5.27. The van der Waals surface area contributed by atoms with Crippen molar-refractivity contribution in [2.45, 2.75) is 90.4 Å². The molecule has 0 heterocycles. The highest BCUT2D eigenvalue weighted by molar-refractivity contribution is 5.92. The van der Waals surface area contributed by atoms with E-state index in [1.807, 2.05) is 0 Å².